The van der Waals surface area contributed by atoms with Crippen molar-refractivity contribution in [2.45, 2.75) is 13.5 Å². The van der Waals surface area contributed by atoms with E-state index in [0.29, 0.717) is 23.7 Å². The van der Waals surface area contributed by atoms with Gasteiger partial charge in [0, 0.05) is 17.7 Å². The Kier molecular flexibility index (Phi) is 6.13. The third-order valence-electron chi connectivity index (χ3n) is 3.12. The second-order valence-corrected chi connectivity index (χ2v) is 4.78. The van der Waals surface area contributed by atoms with Crippen molar-refractivity contribution in [1.29, 1.82) is 0 Å². The van der Waals surface area contributed by atoms with Gasteiger partial charge in [-0.3, -0.25) is 10.1 Å². The number of ether oxygens (including phenoxy) is 2. The summed E-state index contributed by atoms with van der Waals surface area (Å²) in [6.07, 6.45) is 1.54. The van der Waals surface area contributed by atoms with Gasteiger partial charge in [0.05, 0.1) is 24.9 Å². The highest BCUT2D eigenvalue weighted by Crippen LogP contribution is 2.27. The molecule has 0 saturated carbocycles. The molecule has 126 valence electrons. The van der Waals surface area contributed by atoms with E-state index >= 15 is 0 Å². The summed E-state index contributed by atoms with van der Waals surface area (Å²) in [6.45, 7) is 2.60. The smallest absolute Gasteiger partial charge is 0.269 e. The Hall–Kier alpha value is -3.09. The van der Waals surface area contributed by atoms with Crippen LogP contribution in [0, 0.1) is 10.1 Å². The lowest BCUT2D eigenvalue weighted by Crippen LogP contribution is -1.96. The molecule has 2 aromatic rings. The minimum atomic E-state index is -0.445. The van der Waals surface area contributed by atoms with E-state index in [1.165, 1.54) is 18.3 Å². The Balaban J connectivity index is 1.97. The van der Waals surface area contributed by atoms with E-state index in [1.807, 2.05) is 13.0 Å². The number of nitro groups is 1. The van der Waals surface area contributed by atoms with Gasteiger partial charge < -0.3 is 14.3 Å². The molecule has 0 N–H and O–H groups in total. The van der Waals surface area contributed by atoms with Gasteiger partial charge in [-0.2, -0.15) is 0 Å². The van der Waals surface area contributed by atoms with Gasteiger partial charge in [-0.05, 0) is 30.7 Å². The van der Waals surface area contributed by atoms with Crippen molar-refractivity contribution in [3.8, 4) is 11.5 Å². The van der Waals surface area contributed by atoms with Crippen LogP contribution in [0.1, 0.15) is 18.1 Å². The number of benzene rings is 2. The van der Waals surface area contributed by atoms with E-state index in [2.05, 4.69) is 5.16 Å². The van der Waals surface area contributed by atoms with Gasteiger partial charge in [-0.1, -0.05) is 17.3 Å². The standard InChI is InChI=1S/C17H18N2O5/c1-3-23-16-8-7-13(10-17(16)22-2)11-18-24-12-14-5-4-6-15(9-14)19(20)21/h4-11H,3,12H2,1-2H3/b18-11-. The summed E-state index contributed by atoms with van der Waals surface area (Å²) in [6, 6.07) is 11.6. The molecule has 0 atom stereocenters. The minimum absolute atomic E-state index is 0.0244. The number of rotatable bonds is 8. The predicted molar refractivity (Wildman–Crippen MR) is 89.6 cm³/mol. The summed E-state index contributed by atoms with van der Waals surface area (Å²) in [5.41, 5.74) is 1.48. The Bertz CT molecular complexity index is 731. The van der Waals surface area contributed by atoms with Crippen LogP contribution in [0.5, 0.6) is 11.5 Å². The van der Waals surface area contributed by atoms with Gasteiger partial charge in [0.2, 0.25) is 0 Å². The number of nitrogens with zero attached hydrogens (tertiary/aromatic N) is 2. The number of nitro benzene ring substituents is 1. The van der Waals surface area contributed by atoms with Crippen LogP contribution in [0.2, 0.25) is 0 Å². The molecule has 0 spiro atoms. The highest BCUT2D eigenvalue weighted by molar-refractivity contribution is 5.80. The molecule has 0 aliphatic rings. The quantitative estimate of drug-likeness (QED) is 0.420. The highest BCUT2D eigenvalue weighted by Gasteiger charge is 2.06. The lowest BCUT2D eigenvalue weighted by Gasteiger charge is -2.09. The summed E-state index contributed by atoms with van der Waals surface area (Å²) in [5.74, 6) is 1.27. The molecule has 24 heavy (non-hydrogen) atoms. The van der Waals surface area contributed by atoms with Gasteiger partial charge >= 0.3 is 0 Å². The van der Waals surface area contributed by atoms with Gasteiger partial charge in [0.1, 0.15) is 6.61 Å². The molecular formula is C17H18N2O5. The average Bonchev–Trinajstić information content (AvgIpc) is 2.60. The molecule has 0 fully saturated rings. The van der Waals surface area contributed by atoms with Crippen LogP contribution in [-0.2, 0) is 11.4 Å². The van der Waals surface area contributed by atoms with E-state index in [0.717, 1.165) is 5.56 Å². The largest absolute Gasteiger partial charge is 0.493 e. The average molecular weight is 330 g/mol. The molecule has 0 saturated heterocycles. The first-order valence-corrected chi connectivity index (χ1v) is 7.33. The van der Waals surface area contributed by atoms with Gasteiger partial charge in [-0.15, -0.1) is 0 Å². The first-order chi connectivity index (χ1) is 11.6. The Labute approximate surface area is 139 Å². The van der Waals surface area contributed by atoms with E-state index < -0.39 is 4.92 Å². The van der Waals surface area contributed by atoms with Crippen LogP contribution in [0.15, 0.2) is 47.6 Å². The number of hydrogen-bond donors (Lipinski definition) is 0. The molecule has 0 radical (unpaired) electrons. The summed E-state index contributed by atoms with van der Waals surface area (Å²) >= 11 is 0. The van der Waals surface area contributed by atoms with Crippen molar-refractivity contribution >= 4 is 11.9 Å². The van der Waals surface area contributed by atoms with Crippen molar-refractivity contribution in [1.82, 2.24) is 0 Å². The summed E-state index contributed by atoms with van der Waals surface area (Å²) in [7, 11) is 1.57. The van der Waals surface area contributed by atoms with Crippen LogP contribution in [-0.4, -0.2) is 24.9 Å². The van der Waals surface area contributed by atoms with E-state index in [1.54, 1.807) is 31.4 Å². The molecule has 2 aromatic carbocycles. The normalized spacial score (nSPS) is 10.6. The maximum absolute atomic E-state index is 10.7. The lowest BCUT2D eigenvalue weighted by atomic mass is 10.2. The zero-order valence-electron chi connectivity index (χ0n) is 13.5. The molecule has 7 heteroatoms. The van der Waals surface area contributed by atoms with Gasteiger partial charge in [0.15, 0.2) is 11.5 Å². The van der Waals surface area contributed by atoms with Gasteiger partial charge in [0.25, 0.3) is 5.69 Å². The Morgan fingerprint density at radius 1 is 1.21 bits per heavy atom. The summed E-state index contributed by atoms with van der Waals surface area (Å²) in [5, 5.41) is 14.6. The third-order valence-corrected chi connectivity index (χ3v) is 3.12. The van der Waals surface area contributed by atoms with Crippen molar-refractivity contribution < 1.29 is 19.2 Å². The van der Waals surface area contributed by atoms with Crippen molar-refractivity contribution in [2.24, 2.45) is 5.16 Å². The van der Waals surface area contributed by atoms with Gasteiger partial charge in [-0.25, -0.2) is 0 Å². The Morgan fingerprint density at radius 2 is 2.04 bits per heavy atom. The first-order valence-electron chi connectivity index (χ1n) is 7.33. The third kappa shape index (κ3) is 4.70. The topological polar surface area (TPSA) is 83.2 Å². The van der Waals surface area contributed by atoms with E-state index in [4.69, 9.17) is 14.3 Å². The molecule has 0 heterocycles. The summed E-state index contributed by atoms with van der Waals surface area (Å²) < 4.78 is 10.7. The summed E-state index contributed by atoms with van der Waals surface area (Å²) in [4.78, 5) is 15.5. The molecule has 0 aliphatic heterocycles. The maximum Gasteiger partial charge on any atom is 0.269 e. The van der Waals surface area contributed by atoms with E-state index in [9.17, 15) is 10.1 Å². The first kappa shape index (κ1) is 17.3. The second kappa shape index (κ2) is 8.52. The Morgan fingerprint density at radius 3 is 2.75 bits per heavy atom. The molecular weight excluding hydrogens is 312 g/mol. The predicted octanol–water partition coefficient (Wildman–Crippen LogP) is 3.55. The van der Waals surface area contributed by atoms with Crippen LogP contribution in [0.25, 0.3) is 0 Å². The molecule has 0 bridgehead atoms. The number of methoxy groups -OCH3 is 1. The highest BCUT2D eigenvalue weighted by atomic mass is 16.6. The minimum Gasteiger partial charge on any atom is -0.493 e. The fourth-order valence-corrected chi connectivity index (χ4v) is 2.01. The molecule has 0 aromatic heterocycles. The van der Waals surface area contributed by atoms with Crippen molar-refractivity contribution in [2.75, 3.05) is 13.7 Å². The second-order valence-electron chi connectivity index (χ2n) is 4.78. The van der Waals surface area contributed by atoms with E-state index in [-0.39, 0.29) is 12.3 Å². The SMILES string of the molecule is CCOc1ccc(/C=N\OCc2cccc([N+](=O)[O-])c2)cc1OC. The zero-order valence-corrected chi connectivity index (χ0v) is 13.5. The maximum atomic E-state index is 10.7. The van der Waals surface area contributed by atoms with Crippen LogP contribution in [0.3, 0.4) is 0 Å². The van der Waals surface area contributed by atoms with Crippen LogP contribution in [0.4, 0.5) is 5.69 Å². The number of hydrogen-bond acceptors (Lipinski definition) is 6. The van der Waals surface area contributed by atoms with Crippen molar-refractivity contribution in [3.05, 3.63) is 63.7 Å². The zero-order chi connectivity index (χ0) is 17.4. The van der Waals surface area contributed by atoms with Crippen molar-refractivity contribution in [3.63, 3.8) is 0 Å². The molecule has 2 rings (SSSR count). The fourth-order valence-electron chi connectivity index (χ4n) is 2.01. The van der Waals surface area contributed by atoms with Crippen LogP contribution >= 0.6 is 0 Å². The molecule has 0 amide bonds. The fraction of sp³-hybridized carbons (Fsp3) is 0.235. The molecule has 0 unspecified atom stereocenters. The number of non-ortho nitro benzene ring substituents is 1. The number of oxime groups is 1. The lowest BCUT2D eigenvalue weighted by molar-refractivity contribution is -0.384. The monoisotopic (exact) mass is 330 g/mol. The van der Waals surface area contributed by atoms with Crippen LogP contribution < -0.4 is 9.47 Å². The molecule has 0 aliphatic carbocycles. The molecule has 7 nitrogen and oxygen atoms in total.